The highest BCUT2D eigenvalue weighted by atomic mass is 35.5. The van der Waals surface area contributed by atoms with Crippen LogP contribution in [0.25, 0.3) is 0 Å². The molecule has 1 heterocycles. The molecule has 9 heteroatoms. The van der Waals surface area contributed by atoms with Crippen molar-refractivity contribution >= 4 is 46.8 Å². The summed E-state index contributed by atoms with van der Waals surface area (Å²) in [4.78, 5) is 30.8. The maximum absolute atomic E-state index is 12.7. The van der Waals surface area contributed by atoms with Crippen molar-refractivity contribution in [3.63, 3.8) is 0 Å². The molecule has 0 aliphatic carbocycles. The number of benzene rings is 2. The molecule has 0 bridgehead atoms. The first-order chi connectivity index (χ1) is 13.4. The predicted molar refractivity (Wildman–Crippen MR) is 112 cm³/mol. The van der Waals surface area contributed by atoms with Gasteiger partial charge in [0.15, 0.2) is 5.82 Å². The van der Waals surface area contributed by atoms with E-state index in [1.54, 1.807) is 55.5 Å². The quantitative estimate of drug-likeness (QED) is 0.431. The Morgan fingerprint density at radius 1 is 1.07 bits per heavy atom. The number of hydrazone groups is 1. The summed E-state index contributed by atoms with van der Waals surface area (Å²) in [5, 5.41) is 7.95. The molecule has 28 heavy (non-hydrogen) atoms. The normalized spacial score (nSPS) is 10.8. The van der Waals surface area contributed by atoms with Crippen molar-refractivity contribution in [2.45, 2.75) is 6.92 Å². The van der Waals surface area contributed by atoms with Gasteiger partial charge in [-0.2, -0.15) is 10.1 Å². The van der Waals surface area contributed by atoms with Crippen molar-refractivity contribution in [2.75, 3.05) is 10.7 Å². The van der Waals surface area contributed by atoms with Gasteiger partial charge in [-0.15, -0.1) is 0 Å². The Labute approximate surface area is 170 Å². The Hall–Kier alpha value is -3.16. The summed E-state index contributed by atoms with van der Waals surface area (Å²) in [5.74, 6) is -0.411. The molecule has 2 aromatic carbocycles. The molecule has 3 N–H and O–H groups in total. The first-order valence-electron chi connectivity index (χ1n) is 8.15. The van der Waals surface area contributed by atoms with E-state index in [1.165, 1.54) is 6.21 Å². The third-order valence-electron chi connectivity index (χ3n) is 3.70. The van der Waals surface area contributed by atoms with Crippen molar-refractivity contribution in [3.05, 3.63) is 85.9 Å². The lowest BCUT2D eigenvalue weighted by atomic mass is 10.2. The monoisotopic (exact) mass is 415 g/mol. The van der Waals surface area contributed by atoms with E-state index in [0.717, 1.165) is 5.56 Å². The highest BCUT2D eigenvalue weighted by molar-refractivity contribution is 6.31. The highest BCUT2D eigenvalue weighted by Crippen LogP contribution is 2.18. The molecule has 0 unspecified atom stereocenters. The topological polar surface area (TPSA) is 99.2 Å². The molecule has 0 saturated carbocycles. The summed E-state index contributed by atoms with van der Waals surface area (Å²) in [6, 6.07) is 13.7. The zero-order valence-corrected chi connectivity index (χ0v) is 16.2. The standard InChI is InChI=1S/C19H15Cl2N5O2/c1-11-16(18(27)24-15-8-6-14(21)7-9-15)17(25-19(28)23-11)26-22-10-12-2-4-13(20)5-3-12/h2-10H,1H3,(H,24,27)(H2,23,25,26,28)/b22-10+. The van der Waals surface area contributed by atoms with E-state index in [1.807, 2.05) is 0 Å². The van der Waals surface area contributed by atoms with Crippen LogP contribution in [-0.2, 0) is 0 Å². The van der Waals surface area contributed by atoms with Crippen LogP contribution in [0, 0.1) is 6.92 Å². The van der Waals surface area contributed by atoms with Crippen LogP contribution < -0.4 is 16.4 Å². The van der Waals surface area contributed by atoms with Gasteiger partial charge in [-0.1, -0.05) is 35.3 Å². The van der Waals surface area contributed by atoms with Crippen molar-refractivity contribution in [1.82, 2.24) is 9.97 Å². The summed E-state index contributed by atoms with van der Waals surface area (Å²) in [6.45, 7) is 1.61. The number of halogens is 2. The van der Waals surface area contributed by atoms with Gasteiger partial charge in [0, 0.05) is 21.4 Å². The number of hydrogen-bond donors (Lipinski definition) is 3. The van der Waals surface area contributed by atoms with Gasteiger partial charge in [-0.25, -0.2) is 4.79 Å². The molecule has 1 aromatic heterocycles. The van der Waals surface area contributed by atoms with E-state index in [0.29, 0.717) is 21.4 Å². The van der Waals surface area contributed by atoms with Gasteiger partial charge in [0.05, 0.1) is 6.21 Å². The molecule has 0 spiro atoms. The van der Waals surface area contributed by atoms with Gasteiger partial charge < -0.3 is 10.3 Å². The molecule has 142 valence electrons. The van der Waals surface area contributed by atoms with Gasteiger partial charge in [-0.3, -0.25) is 10.2 Å². The lowest BCUT2D eigenvalue weighted by Crippen LogP contribution is -2.22. The number of H-pyrrole nitrogens is 1. The molecule has 0 radical (unpaired) electrons. The average molecular weight is 416 g/mol. The largest absolute Gasteiger partial charge is 0.347 e. The summed E-state index contributed by atoms with van der Waals surface area (Å²) >= 11 is 11.7. The molecular weight excluding hydrogens is 401 g/mol. The smallest absolute Gasteiger partial charge is 0.322 e. The second kappa shape index (κ2) is 8.69. The number of aromatic nitrogens is 2. The molecule has 0 saturated heterocycles. The second-order valence-corrected chi connectivity index (χ2v) is 6.65. The van der Waals surface area contributed by atoms with Crippen LogP contribution >= 0.6 is 23.2 Å². The predicted octanol–water partition coefficient (Wildman–Crippen LogP) is 4.08. The zero-order chi connectivity index (χ0) is 20.1. The highest BCUT2D eigenvalue weighted by Gasteiger charge is 2.17. The number of amides is 1. The first kappa shape index (κ1) is 19.6. The summed E-state index contributed by atoms with van der Waals surface area (Å²) < 4.78 is 0. The Morgan fingerprint density at radius 2 is 1.68 bits per heavy atom. The van der Waals surface area contributed by atoms with E-state index < -0.39 is 11.6 Å². The third-order valence-corrected chi connectivity index (χ3v) is 4.21. The minimum Gasteiger partial charge on any atom is -0.322 e. The Balaban J connectivity index is 1.84. The maximum atomic E-state index is 12.7. The van der Waals surface area contributed by atoms with Crippen molar-refractivity contribution in [1.29, 1.82) is 0 Å². The number of carbonyl (C=O) groups is 1. The molecule has 3 rings (SSSR count). The van der Waals surface area contributed by atoms with Gasteiger partial charge in [0.1, 0.15) is 5.56 Å². The Kier molecular flexibility index (Phi) is 6.08. The average Bonchev–Trinajstić information content (AvgIpc) is 2.64. The second-order valence-electron chi connectivity index (χ2n) is 5.77. The molecular formula is C19H15Cl2N5O2. The number of hydrogen-bond acceptors (Lipinski definition) is 5. The molecule has 0 aliphatic heterocycles. The number of rotatable bonds is 5. The third kappa shape index (κ3) is 4.97. The fraction of sp³-hybridized carbons (Fsp3) is 0.0526. The number of nitrogens with zero attached hydrogens (tertiary/aromatic N) is 2. The summed E-state index contributed by atoms with van der Waals surface area (Å²) in [7, 11) is 0. The number of aromatic amines is 1. The fourth-order valence-corrected chi connectivity index (χ4v) is 2.64. The summed E-state index contributed by atoms with van der Waals surface area (Å²) in [5.41, 5.74) is 3.93. The zero-order valence-electron chi connectivity index (χ0n) is 14.7. The molecule has 1 amide bonds. The van der Waals surface area contributed by atoms with Gasteiger partial charge in [0.2, 0.25) is 0 Å². The number of aryl methyl sites for hydroxylation is 1. The van der Waals surface area contributed by atoms with Crippen LogP contribution in [0.5, 0.6) is 0 Å². The van der Waals surface area contributed by atoms with Gasteiger partial charge >= 0.3 is 5.69 Å². The lowest BCUT2D eigenvalue weighted by molar-refractivity contribution is 0.102. The van der Waals surface area contributed by atoms with E-state index in [2.05, 4.69) is 25.8 Å². The molecule has 0 atom stereocenters. The minimum absolute atomic E-state index is 0.0397. The molecule has 0 fully saturated rings. The van der Waals surface area contributed by atoms with Crippen molar-refractivity contribution in [2.24, 2.45) is 5.10 Å². The molecule has 3 aromatic rings. The van der Waals surface area contributed by atoms with Crippen LogP contribution in [0.2, 0.25) is 10.0 Å². The van der Waals surface area contributed by atoms with Crippen molar-refractivity contribution in [3.8, 4) is 0 Å². The van der Waals surface area contributed by atoms with E-state index in [-0.39, 0.29) is 11.4 Å². The van der Waals surface area contributed by atoms with Crippen LogP contribution in [0.15, 0.2) is 58.4 Å². The lowest BCUT2D eigenvalue weighted by Gasteiger charge is -2.11. The van der Waals surface area contributed by atoms with Crippen LogP contribution in [0.3, 0.4) is 0 Å². The first-order valence-corrected chi connectivity index (χ1v) is 8.90. The van der Waals surface area contributed by atoms with Crippen LogP contribution in [-0.4, -0.2) is 22.1 Å². The maximum Gasteiger partial charge on any atom is 0.347 e. The van der Waals surface area contributed by atoms with Crippen LogP contribution in [0.1, 0.15) is 21.6 Å². The van der Waals surface area contributed by atoms with E-state index in [9.17, 15) is 9.59 Å². The number of anilines is 2. The SMILES string of the molecule is Cc1[nH]c(=O)nc(N/N=C/c2ccc(Cl)cc2)c1C(=O)Nc1ccc(Cl)cc1. The van der Waals surface area contributed by atoms with E-state index in [4.69, 9.17) is 23.2 Å². The van der Waals surface area contributed by atoms with Gasteiger partial charge in [0.25, 0.3) is 5.91 Å². The molecule has 0 aliphatic rings. The fourth-order valence-electron chi connectivity index (χ4n) is 2.39. The Bertz CT molecular complexity index is 1080. The van der Waals surface area contributed by atoms with Gasteiger partial charge in [-0.05, 0) is 48.9 Å². The minimum atomic E-state index is -0.593. The Morgan fingerprint density at radius 3 is 2.32 bits per heavy atom. The van der Waals surface area contributed by atoms with E-state index >= 15 is 0 Å². The van der Waals surface area contributed by atoms with Crippen LogP contribution in [0.4, 0.5) is 11.5 Å². The number of nitrogens with one attached hydrogen (secondary N) is 3. The molecule has 7 nitrogen and oxygen atoms in total. The van der Waals surface area contributed by atoms with Crippen molar-refractivity contribution < 1.29 is 4.79 Å². The summed E-state index contributed by atoms with van der Waals surface area (Å²) in [6.07, 6.45) is 1.52. The number of carbonyl (C=O) groups excluding carboxylic acids is 1.